The van der Waals surface area contributed by atoms with Gasteiger partial charge in [-0.15, -0.1) is 0 Å². The van der Waals surface area contributed by atoms with Gasteiger partial charge >= 0.3 is 0 Å². The zero-order valence-electron chi connectivity index (χ0n) is 6.02. The summed E-state index contributed by atoms with van der Waals surface area (Å²) in [5.41, 5.74) is 0. The fourth-order valence-corrected chi connectivity index (χ4v) is 0.886. The molecule has 0 amide bonds. The van der Waals surface area contributed by atoms with E-state index < -0.39 is 0 Å². The van der Waals surface area contributed by atoms with Crippen LogP contribution in [0, 0.1) is 0 Å². The summed E-state index contributed by atoms with van der Waals surface area (Å²) in [7, 11) is 0. The fourth-order valence-electron chi connectivity index (χ4n) is 0.886. The van der Waals surface area contributed by atoms with Gasteiger partial charge < -0.3 is 4.74 Å². The van der Waals surface area contributed by atoms with Crippen molar-refractivity contribution in [3.63, 3.8) is 0 Å². The van der Waals surface area contributed by atoms with Crippen LogP contribution >= 0.6 is 0 Å². The Bertz CT molecular complexity index is 105. The molecule has 0 radical (unpaired) electrons. The molecule has 0 saturated carbocycles. The molecule has 0 saturated heterocycles. The van der Waals surface area contributed by atoms with Gasteiger partial charge in [0.1, 0.15) is 12.0 Å². The summed E-state index contributed by atoms with van der Waals surface area (Å²) in [6, 6.07) is 0. The first-order valence-electron chi connectivity index (χ1n) is 3.79. The van der Waals surface area contributed by atoms with E-state index in [9.17, 15) is 0 Å². The Hall–Kier alpha value is -0.460. The van der Waals surface area contributed by atoms with Gasteiger partial charge in [-0.05, 0) is 6.42 Å². The highest BCUT2D eigenvalue weighted by Crippen LogP contribution is 2.20. The van der Waals surface area contributed by atoms with Gasteiger partial charge in [-0.3, -0.25) is 0 Å². The van der Waals surface area contributed by atoms with Crippen molar-refractivity contribution >= 4 is 0 Å². The van der Waals surface area contributed by atoms with Gasteiger partial charge in [0.15, 0.2) is 0 Å². The van der Waals surface area contributed by atoms with Crippen molar-refractivity contribution in [3.8, 4) is 0 Å². The maximum absolute atomic E-state index is 4.88. The van der Waals surface area contributed by atoms with Gasteiger partial charge in [0, 0.05) is 6.42 Å². The molecule has 0 fully saturated rings. The molecule has 0 spiro atoms. The minimum absolute atomic E-state index is 1.17. The molecule has 52 valence electrons. The topological polar surface area (TPSA) is 12.5 Å². The average molecular weight is 126 g/mol. The Kier molecular flexibility index (Phi) is 2.62. The summed E-state index contributed by atoms with van der Waals surface area (Å²) < 4.78 is 4.88. The van der Waals surface area contributed by atoms with Gasteiger partial charge in [-0.25, -0.2) is 0 Å². The lowest BCUT2D eigenvalue weighted by molar-refractivity contribution is 0.472. The number of ether oxygens (including phenoxy) is 1. The van der Waals surface area contributed by atoms with Crippen molar-refractivity contribution in [2.45, 2.75) is 39.0 Å². The average Bonchev–Trinajstić information content (AvgIpc) is 2.63. The van der Waals surface area contributed by atoms with E-state index >= 15 is 0 Å². The lowest BCUT2D eigenvalue weighted by Crippen LogP contribution is -1.74. The van der Waals surface area contributed by atoms with Gasteiger partial charge in [0.25, 0.3) is 0 Å². The monoisotopic (exact) mass is 126 g/mol. The molecular formula is C8H14O. The summed E-state index contributed by atoms with van der Waals surface area (Å²) in [5, 5.41) is 0. The van der Waals surface area contributed by atoms with Crippen molar-refractivity contribution in [1.82, 2.24) is 0 Å². The molecule has 1 aliphatic rings. The highest BCUT2D eigenvalue weighted by atomic mass is 16.5. The summed E-state index contributed by atoms with van der Waals surface area (Å²) in [5.74, 6) is 1.20. The predicted molar refractivity (Wildman–Crippen MR) is 37.9 cm³/mol. The van der Waals surface area contributed by atoms with E-state index in [0.717, 1.165) is 0 Å². The molecule has 0 aromatic carbocycles. The van der Waals surface area contributed by atoms with Gasteiger partial charge in [0.2, 0.25) is 0 Å². The van der Waals surface area contributed by atoms with Crippen LogP contribution in [0.15, 0.2) is 12.0 Å². The zero-order valence-corrected chi connectivity index (χ0v) is 6.02. The first kappa shape index (κ1) is 6.66. The fraction of sp³-hybridized carbons (Fsp3) is 0.750. The molecule has 9 heavy (non-hydrogen) atoms. The van der Waals surface area contributed by atoms with Crippen molar-refractivity contribution in [2.75, 3.05) is 0 Å². The minimum Gasteiger partial charge on any atom is -0.463 e. The Morgan fingerprint density at radius 3 is 2.67 bits per heavy atom. The number of hydrogen-bond donors (Lipinski definition) is 0. The van der Waals surface area contributed by atoms with Gasteiger partial charge in [0.05, 0.1) is 0 Å². The molecule has 0 N–H and O–H groups in total. The van der Waals surface area contributed by atoms with Crippen molar-refractivity contribution < 1.29 is 4.74 Å². The third-order valence-electron chi connectivity index (χ3n) is 1.56. The van der Waals surface area contributed by atoms with E-state index in [0.29, 0.717) is 0 Å². The lowest BCUT2D eigenvalue weighted by Gasteiger charge is -1.92. The van der Waals surface area contributed by atoms with E-state index in [4.69, 9.17) is 4.74 Å². The first-order chi connectivity index (χ1) is 4.43. The quantitative estimate of drug-likeness (QED) is 0.516. The van der Waals surface area contributed by atoms with Crippen LogP contribution in [0.2, 0.25) is 0 Å². The van der Waals surface area contributed by atoms with Crippen LogP contribution in [0.1, 0.15) is 39.0 Å². The standard InChI is InChI=1S/C8H14O/c1-2-3-4-5-6-8-7-9-8/h7H,2-6H2,1H3. The smallest absolute Gasteiger partial charge is 0.138 e. The van der Waals surface area contributed by atoms with Crippen LogP contribution in [-0.4, -0.2) is 0 Å². The van der Waals surface area contributed by atoms with E-state index in [1.54, 1.807) is 0 Å². The molecule has 1 aliphatic heterocycles. The molecule has 0 aromatic heterocycles. The van der Waals surface area contributed by atoms with Crippen LogP contribution in [0.3, 0.4) is 0 Å². The van der Waals surface area contributed by atoms with E-state index in [2.05, 4.69) is 6.92 Å². The Balaban J connectivity index is 1.76. The van der Waals surface area contributed by atoms with Crippen molar-refractivity contribution in [2.24, 2.45) is 0 Å². The summed E-state index contributed by atoms with van der Waals surface area (Å²) in [4.78, 5) is 0. The predicted octanol–water partition coefficient (Wildman–Crippen LogP) is 2.83. The second-order valence-corrected chi connectivity index (χ2v) is 2.51. The van der Waals surface area contributed by atoms with E-state index in [1.807, 2.05) is 6.26 Å². The van der Waals surface area contributed by atoms with Crippen LogP contribution < -0.4 is 0 Å². The highest BCUT2D eigenvalue weighted by Gasteiger charge is 2.07. The second-order valence-electron chi connectivity index (χ2n) is 2.51. The molecule has 1 rings (SSSR count). The molecule has 0 bridgehead atoms. The third kappa shape index (κ3) is 3.17. The Morgan fingerprint density at radius 2 is 2.11 bits per heavy atom. The summed E-state index contributed by atoms with van der Waals surface area (Å²) in [6.07, 6.45) is 8.36. The number of unbranched alkanes of at least 4 members (excludes halogenated alkanes) is 3. The molecular weight excluding hydrogens is 112 g/mol. The van der Waals surface area contributed by atoms with Crippen LogP contribution in [0.5, 0.6) is 0 Å². The third-order valence-corrected chi connectivity index (χ3v) is 1.56. The molecule has 0 aromatic rings. The molecule has 0 aliphatic carbocycles. The minimum atomic E-state index is 1.17. The van der Waals surface area contributed by atoms with Crippen LogP contribution in [-0.2, 0) is 4.74 Å². The van der Waals surface area contributed by atoms with E-state index in [1.165, 1.54) is 37.9 Å². The van der Waals surface area contributed by atoms with Gasteiger partial charge in [-0.2, -0.15) is 0 Å². The zero-order chi connectivity index (χ0) is 6.53. The first-order valence-corrected chi connectivity index (χ1v) is 3.79. The molecule has 1 heteroatoms. The maximum Gasteiger partial charge on any atom is 0.138 e. The molecule has 0 atom stereocenters. The number of allylic oxidation sites excluding steroid dienone is 1. The molecule has 1 nitrogen and oxygen atoms in total. The largest absolute Gasteiger partial charge is 0.463 e. The van der Waals surface area contributed by atoms with Gasteiger partial charge in [-0.1, -0.05) is 26.2 Å². The summed E-state index contributed by atoms with van der Waals surface area (Å²) >= 11 is 0. The highest BCUT2D eigenvalue weighted by molar-refractivity contribution is 5.01. The molecule has 0 unspecified atom stereocenters. The Morgan fingerprint density at radius 1 is 1.33 bits per heavy atom. The summed E-state index contributed by atoms with van der Waals surface area (Å²) in [6.45, 7) is 2.23. The van der Waals surface area contributed by atoms with Crippen LogP contribution in [0.25, 0.3) is 0 Å². The Labute approximate surface area is 56.7 Å². The van der Waals surface area contributed by atoms with E-state index in [-0.39, 0.29) is 0 Å². The maximum atomic E-state index is 4.88. The normalized spacial score (nSPS) is 14.6. The number of hydrogen-bond acceptors (Lipinski definition) is 1. The lowest BCUT2D eigenvalue weighted by atomic mass is 10.1. The van der Waals surface area contributed by atoms with Crippen LogP contribution in [0.4, 0.5) is 0 Å². The second kappa shape index (κ2) is 3.54. The number of rotatable bonds is 5. The van der Waals surface area contributed by atoms with Crippen molar-refractivity contribution in [1.29, 1.82) is 0 Å². The van der Waals surface area contributed by atoms with Crippen molar-refractivity contribution in [3.05, 3.63) is 12.0 Å². The SMILES string of the molecule is CCCCCCC1=CO1. The molecule has 1 heterocycles.